The van der Waals surface area contributed by atoms with Crippen LogP contribution >= 0.6 is 0 Å². The average molecular weight is 339 g/mol. The lowest BCUT2D eigenvalue weighted by molar-refractivity contribution is 0.0896. The van der Waals surface area contributed by atoms with Crippen LogP contribution in [0.2, 0.25) is 0 Å². The van der Waals surface area contributed by atoms with E-state index in [9.17, 15) is 9.59 Å². The zero-order valence-electron chi connectivity index (χ0n) is 15.2. The lowest BCUT2D eigenvalue weighted by atomic mass is 9.82. The fourth-order valence-electron chi connectivity index (χ4n) is 3.08. The number of hydrogen-bond donors (Lipinski definition) is 2. The van der Waals surface area contributed by atoms with Gasteiger partial charge in [-0.2, -0.15) is 0 Å². The van der Waals surface area contributed by atoms with Crippen LogP contribution in [-0.2, 0) is 0 Å². The van der Waals surface area contributed by atoms with Gasteiger partial charge in [0.05, 0.1) is 6.04 Å². The minimum Gasteiger partial charge on any atom is -0.343 e. The Morgan fingerprint density at radius 2 is 1.88 bits per heavy atom. The number of benzene rings is 1. The molecule has 5 heteroatoms. The van der Waals surface area contributed by atoms with E-state index >= 15 is 0 Å². The average Bonchev–Trinajstić information content (AvgIpc) is 3.35. The first-order valence-electron chi connectivity index (χ1n) is 8.73. The Kier molecular flexibility index (Phi) is 4.50. The van der Waals surface area contributed by atoms with Gasteiger partial charge < -0.3 is 10.3 Å². The van der Waals surface area contributed by atoms with Crippen LogP contribution < -0.4 is 10.9 Å². The summed E-state index contributed by atoms with van der Waals surface area (Å²) in [5.74, 6) is 0.805. The smallest absolute Gasteiger partial charge is 0.270 e. The summed E-state index contributed by atoms with van der Waals surface area (Å²) < 4.78 is 0. The molecular weight excluding hydrogens is 314 g/mol. The van der Waals surface area contributed by atoms with Gasteiger partial charge in [0.1, 0.15) is 11.5 Å². The number of carbonyl (C=O) groups is 1. The van der Waals surface area contributed by atoms with Gasteiger partial charge in [0.15, 0.2) is 0 Å². The highest BCUT2D eigenvalue weighted by Gasteiger charge is 2.29. The number of rotatable bonds is 4. The molecule has 3 rings (SSSR count). The van der Waals surface area contributed by atoms with E-state index in [0.717, 1.165) is 5.56 Å². The quantitative estimate of drug-likeness (QED) is 0.895. The number of nitrogens with zero attached hydrogens (tertiary/aromatic N) is 1. The van der Waals surface area contributed by atoms with Crippen LogP contribution in [0.4, 0.5) is 0 Å². The van der Waals surface area contributed by atoms with Crippen LogP contribution in [-0.4, -0.2) is 15.9 Å². The lowest BCUT2D eigenvalue weighted by Crippen LogP contribution is -2.37. The molecule has 25 heavy (non-hydrogen) atoms. The summed E-state index contributed by atoms with van der Waals surface area (Å²) >= 11 is 0. The van der Waals surface area contributed by atoms with E-state index in [1.807, 2.05) is 0 Å². The van der Waals surface area contributed by atoms with E-state index in [-0.39, 0.29) is 28.6 Å². The third-order valence-corrected chi connectivity index (χ3v) is 4.55. The molecule has 132 valence electrons. The van der Waals surface area contributed by atoms with E-state index in [1.165, 1.54) is 24.5 Å². The van der Waals surface area contributed by atoms with Crippen molar-refractivity contribution < 1.29 is 4.79 Å². The normalized spacial score (nSPS) is 15.7. The SMILES string of the molecule is Cc1nc(C(=O)NC(c2ccc(C3CC3)cc2)C(C)(C)C)cc(=O)[nH]1. The summed E-state index contributed by atoms with van der Waals surface area (Å²) in [7, 11) is 0. The molecule has 1 aliphatic carbocycles. The highest BCUT2D eigenvalue weighted by atomic mass is 16.2. The predicted octanol–water partition coefficient (Wildman–Crippen LogP) is 3.47. The summed E-state index contributed by atoms with van der Waals surface area (Å²) in [6.07, 6.45) is 2.54. The summed E-state index contributed by atoms with van der Waals surface area (Å²) in [6.45, 7) is 7.92. The molecule has 0 aliphatic heterocycles. The fourth-order valence-corrected chi connectivity index (χ4v) is 3.08. The molecule has 1 unspecified atom stereocenters. The van der Waals surface area contributed by atoms with Crippen LogP contribution in [0, 0.1) is 12.3 Å². The zero-order chi connectivity index (χ0) is 18.2. The molecule has 1 aliphatic rings. The summed E-state index contributed by atoms with van der Waals surface area (Å²) in [5.41, 5.74) is 2.08. The first kappa shape index (κ1) is 17.4. The van der Waals surface area contributed by atoms with Gasteiger partial charge in [-0.05, 0) is 42.2 Å². The number of amides is 1. The second-order valence-electron chi connectivity index (χ2n) is 7.93. The van der Waals surface area contributed by atoms with Crippen LogP contribution in [0.1, 0.15) is 73.0 Å². The lowest BCUT2D eigenvalue weighted by Gasteiger charge is -2.32. The Balaban J connectivity index is 1.85. The van der Waals surface area contributed by atoms with Gasteiger partial charge in [0.25, 0.3) is 11.5 Å². The number of aromatic amines is 1. The van der Waals surface area contributed by atoms with Gasteiger partial charge in [-0.25, -0.2) is 4.98 Å². The molecule has 1 aromatic heterocycles. The molecular formula is C20H25N3O2. The number of aromatic nitrogens is 2. The predicted molar refractivity (Wildman–Crippen MR) is 97.7 cm³/mol. The van der Waals surface area contributed by atoms with E-state index in [4.69, 9.17) is 0 Å². The van der Waals surface area contributed by atoms with E-state index in [1.54, 1.807) is 6.92 Å². The van der Waals surface area contributed by atoms with Crippen molar-refractivity contribution >= 4 is 5.91 Å². The first-order chi connectivity index (χ1) is 11.7. The highest BCUT2D eigenvalue weighted by Crippen LogP contribution is 2.41. The second kappa shape index (κ2) is 6.47. The molecule has 1 amide bonds. The molecule has 1 saturated carbocycles. The van der Waals surface area contributed by atoms with Gasteiger partial charge in [-0.3, -0.25) is 9.59 Å². The molecule has 1 atom stereocenters. The van der Waals surface area contributed by atoms with Crippen molar-refractivity contribution in [2.45, 2.75) is 52.5 Å². The third kappa shape index (κ3) is 4.16. The second-order valence-corrected chi connectivity index (χ2v) is 7.93. The summed E-state index contributed by atoms with van der Waals surface area (Å²) in [5, 5.41) is 3.05. The molecule has 1 aromatic carbocycles. The minimum absolute atomic E-state index is 0.144. The number of hydrogen-bond acceptors (Lipinski definition) is 3. The van der Waals surface area contributed by atoms with Gasteiger partial charge in [-0.15, -0.1) is 0 Å². The Bertz CT molecular complexity index is 827. The van der Waals surface area contributed by atoms with E-state index in [2.05, 4.69) is 60.3 Å². The maximum absolute atomic E-state index is 12.6. The summed E-state index contributed by atoms with van der Waals surface area (Å²) in [4.78, 5) is 30.9. The van der Waals surface area contributed by atoms with Crippen molar-refractivity contribution in [1.29, 1.82) is 0 Å². The molecule has 5 nitrogen and oxygen atoms in total. The van der Waals surface area contributed by atoms with Crippen LogP contribution in [0.5, 0.6) is 0 Å². The van der Waals surface area contributed by atoms with Gasteiger partial charge >= 0.3 is 0 Å². The largest absolute Gasteiger partial charge is 0.343 e. The maximum atomic E-state index is 12.6. The van der Waals surface area contributed by atoms with Crippen molar-refractivity contribution in [1.82, 2.24) is 15.3 Å². The molecule has 2 aromatic rings. The molecule has 0 spiro atoms. The molecule has 2 N–H and O–H groups in total. The standard InChI is InChI=1S/C20H25N3O2/c1-12-21-16(11-17(24)22-12)19(25)23-18(20(2,3)4)15-9-7-14(8-10-15)13-5-6-13/h7-11,13,18H,5-6H2,1-4H3,(H,23,25)(H,21,22,24). The number of aryl methyl sites for hydroxylation is 1. The van der Waals surface area contributed by atoms with E-state index < -0.39 is 0 Å². The number of H-pyrrole nitrogens is 1. The van der Waals surface area contributed by atoms with Gasteiger partial charge in [0.2, 0.25) is 0 Å². The summed E-state index contributed by atoms with van der Waals surface area (Å²) in [6, 6.07) is 9.58. The maximum Gasteiger partial charge on any atom is 0.270 e. The fraction of sp³-hybridized carbons (Fsp3) is 0.450. The van der Waals surface area contributed by atoms with Crippen LogP contribution in [0.3, 0.4) is 0 Å². The van der Waals surface area contributed by atoms with Crippen molar-refractivity contribution in [2.24, 2.45) is 5.41 Å². The molecule has 0 radical (unpaired) electrons. The molecule has 1 heterocycles. The molecule has 0 bridgehead atoms. The van der Waals surface area contributed by atoms with Gasteiger partial charge in [0, 0.05) is 6.07 Å². The number of nitrogens with one attached hydrogen (secondary N) is 2. The molecule has 1 fully saturated rings. The highest BCUT2D eigenvalue weighted by molar-refractivity contribution is 5.92. The van der Waals surface area contributed by atoms with Crippen molar-refractivity contribution in [2.75, 3.05) is 0 Å². The molecule has 0 saturated heterocycles. The third-order valence-electron chi connectivity index (χ3n) is 4.55. The first-order valence-corrected chi connectivity index (χ1v) is 8.73. The van der Waals surface area contributed by atoms with Crippen molar-refractivity contribution in [3.8, 4) is 0 Å². The monoisotopic (exact) mass is 339 g/mol. The minimum atomic E-state index is -0.333. The van der Waals surface area contributed by atoms with Gasteiger partial charge in [-0.1, -0.05) is 45.0 Å². The van der Waals surface area contributed by atoms with E-state index in [0.29, 0.717) is 11.7 Å². The van der Waals surface area contributed by atoms with Crippen LogP contribution in [0.15, 0.2) is 35.1 Å². The Labute approximate surface area is 147 Å². The number of carbonyl (C=O) groups excluding carboxylic acids is 1. The van der Waals surface area contributed by atoms with Crippen LogP contribution in [0.25, 0.3) is 0 Å². The zero-order valence-corrected chi connectivity index (χ0v) is 15.2. The Hall–Kier alpha value is -2.43. The Morgan fingerprint density at radius 3 is 2.40 bits per heavy atom. The van der Waals surface area contributed by atoms with Crippen molar-refractivity contribution in [3.05, 3.63) is 63.3 Å². The van der Waals surface area contributed by atoms with Crippen molar-refractivity contribution in [3.63, 3.8) is 0 Å². The Morgan fingerprint density at radius 1 is 1.24 bits per heavy atom. The topological polar surface area (TPSA) is 74.8 Å².